The summed E-state index contributed by atoms with van der Waals surface area (Å²) in [5.74, 6) is -1.34. The molecule has 142 valence electrons. The molecule has 0 saturated heterocycles. The van der Waals surface area contributed by atoms with Crippen LogP contribution in [0.2, 0.25) is 0 Å². The molecule has 1 aliphatic rings. The first kappa shape index (κ1) is 19.0. The number of aliphatic hydroxyl groups excluding tert-OH is 1. The summed E-state index contributed by atoms with van der Waals surface area (Å²) in [6.07, 6.45) is 3.84. The lowest BCUT2D eigenvalue weighted by Crippen LogP contribution is -2.25. The van der Waals surface area contributed by atoms with Gasteiger partial charge in [-0.05, 0) is 55.9 Å². The lowest BCUT2D eigenvalue weighted by Gasteiger charge is -2.26. The average Bonchev–Trinajstić information content (AvgIpc) is 2.65. The third-order valence-corrected chi connectivity index (χ3v) is 4.58. The monoisotopic (exact) mass is 374 g/mol. The molecule has 0 unspecified atom stereocenters. The largest absolute Gasteiger partial charge is 0.453 e. The molecular weight excluding hydrogens is 354 g/mol. The van der Waals surface area contributed by atoms with Gasteiger partial charge in [0.2, 0.25) is 0 Å². The fourth-order valence-corrected chi connectivity index (χ4v) is 3.01. The third-order valence-electron chi connectivity index (χ3n) is 4.58. The molecule has 27 heavy (non-hydrogen) atoms. The Hall–Kier alpha value is -2.80. The van der Waals surface area contributed by atoms with Crippen LogP contribution in [0.15, 0.2) is 48.7 Å². The minimum atomic E-state index is -0.818. The van der Waals surface area contributed by atoms with Crippen molar-refractivity contribution in [3.05, 3.63) is 60.3 Å². The Morgan fingerprint density at radius 1 is 1.19 bits per heavy atom. The quantitative estimate of drug-likeness (QED) is 0.770. The van der Waals surface area contributed by atoms with Gasteiger partial charge in [0.05, 0.1) is 12.3 Å². The standard InChI is InChI=1S/C20H20F2N2O3/c1-12(13-2-5-15(25)6-3-13)20(26)24-19-9-7-16(11-23-19)27-18-8-4-14(21)10-17(18)22/h4,7-11,13,15,25H,1-3,5-6H2,(H,23,24,26). The van der Waals surface area contributed by atoms with Gasteiger partial charge in [0.25, 0.3) is 5.91 Å². The first-order valence-corrected chi connectivity index (χ1v) is 8.69. The molecule has 1 amide bonds. The molecule has 0 atom stereocenters. The summed E-state index contributed by atoms with van der Waals surface area (Å²) in [6, 6.07) is 6.05. The van der Waals surface area contributed by atoms with Crippen LogP contribution in [-0.2, 0) is 4.79 Å². The Bertz CT molecular complexity index is 832. The van der Waals surface area contributed by atoms with Gasteiger partial charge in [0.1, 0.15) is 17.4 Å². The molecule has 1 fully saturated rings. The summed E-state index contributed by atoms with van der Waals surface area (Å²) in [5.41, 5.74) is 0.470. The van der Waals surface area contributed by atoms with Gasteiger partial charge in [0.15, 0.2) is 11.6 Å². The highest BCUT2D eigenvalue weighted by atomic mass is 19.1. The highest BCUT2D eigenvalue weighted by Gasteiger charge is 2.25. The number of aliphatic hydroxyl groups is 1. The maximum atomic E-state index is 13.6. The van der Waals surface area contributed by atoms with Gasteiger partial charge >= 0.3 is 0 Å². The Morgan fingerprint density at radius 2 is 1.93 bits per heavy atom. The average molecular weight is 374 g/mol. The van der Waals surface area contributed by atoms with E-state index in [9.17, 15) is 18.7 Å². The molecular formula is C20H20F2N2O3. The number of carbonyl (C=O) groups is 1. The number of hydrogen-bond acceptors (Lipinski definition) is 4. The predicted molar refractivity (Wildman–Crippen MR) is 96.4 cm³/mol. The normalized spacial score (nSPS) is 19.4. The predicted octanol–water partition coefficient (Wildman–Crippen LogP) is 4.20. The van der Waals surface area contributed by atoms with Crippen molar-refractivity contribution in [3.8, 4) is 11.5 Å². The number of nitrogens with zero attached hydrogens (tertiary/aromatic N) is 1. The zero-order valence-corrected chi connectivity index (χ0v) is 14.6. The van der Waals surface area contributed by atoms with Crippen LogP contribution in [-0.4, -0.2) is 22.1 Å². The molecule has 5 nitrogen and oxygen atoms in total. The summed E-state index contributed by atoms with van der Waals surface area (Å²) >= 11 is 0. The molecule has 3 rings (SSSR count). The SMILES string of the molecule is C=C(C(=O)Nc1ccc(Oc2ccc(F)cc2F)cn1)C1CCC(O)CC1. The molecule has 1 aromatic heterocycles. The molecule has 1 aromatic carbocycles. The smallest absolute Gasteiger partial charge is 0.252 e. The van der Waals surface area contributed by atoms with Crippen molar-refractivity contribution in [2.75, 3.05) is 5.32 Å². The third kappa shape index (κ3) is 4.89. The second kappa shape index (κ2) is 8.26. The molecule has 2 aromatic rings. The molecule has 2 N–H and O–H groups in total. The molecule has 0 radical (unpaired) electrons. The van der Waals surface area contributed by atoms with Gasteiger partial charge in [-0.15, -0.1) is 0 Å². The molecule has 7 heteroatoms. The van der Waals surface area contributed by atoms with Crippen LogP contribution in [0.3, 0.4) is 0 Å². The molecule has 0 spiro atoms. The zero-order chi connectivity index (χ0) is 19.4. The van der Waals surface area contributed by atoms with Crippen LogP contribution in [0.5, 0.6) is 11.5 Å². The van der Waals surface area contributed by atoms with E-state index in [4.69, 9.17) is 4.74 Å². The number of halogens is 2. The number of anilines is 1. The van der Waals surface area contributed by atoms with E-state index in [1.54, 1.807) is 0 Å². The Labute approximate surface area is 155 Å². The number of benzene rings is 1. The van der Waals surface area contributed by atoms with Gasteiger partial charge in [-0.3, -0.25) is 4.79 Å². The molecule has 1 heterocycles. The number of pyridine rings is 1. The number of hydrogen-bond donors (Lipinski definition) is 2. The number of amides is 1. The fraction of sp³-hybridized carbons (Fsp3) is 0.300. The van der Waals surface area contributed by atoms with Crippen molar-refractivity contribution in [3.63, 3.8) is 0 Å². The lowest BCUT2D eigenvalue weighted by atomic mass is 9.83. The van der Waals surface area contributed by atoms with Crippen molar-refractivity contribution in [1.82, 2.24) is 4.98 Å². The van der Waals surface area contributed by atoms with E-state index < -0.39 is 11.6 Å². The van der Waals surface area contributed by atoms with Gasteiger partial charge in [0, 0.05) is 11.6 Å². The highest BCUT2D eigenvalue weighted by Crippen LogP contribution is 2.30. The second-order valence-corrected chi connectivity index (χ2v) is 6.54. The minimum absolute atomic E-state index is 0.0532. The van der Waals surface area contributed by atoms with Gasteiger partial charge in [-0.2, -0.15) is 0 Å². The van der Waals surface area contributed by atoms with E-state index >= 15 is 0 Å². The van der Waals surface area contributed by atoms with E-state index in [2.05, 4.69) is 16.9 Å². The van der Waals surface area contributed by atoms with Crippen LogP contribution in [0, 0.1) is 17.6 Å². The van der Waals surface area contributed by atoms with Crippen molar-refractivity contribution in [2.45, 2.75) is 31.8 Å². The molecule has 0 bridgehead atoms. The van der Waals surface area contributed by atoms with Crippen LogP contribution in [0.25, 0.3) is 0 Å². The maximum absolute atomic E-state index is 13.6. The molecule has 1 saturated carbocycles. The molecule has 0 aliphatic heterocycles. The summed E-state index contributed by atoms with van der Waals surface area (Å²) < 4.78 is 31.8. The number of aromatic nitrogens is 1. The summed E-state index contributed by atoms with van der Waals surface area (Å²) in [5, 5.41) is 12.2. The number of ether oxygens (including phenoxy) is 1. The van der Waals surface area contributed by atoms with E-state index in [1.165, 1.54) is 24.4 Å². The Kier molecular flexibility index (Phi) is 5.81. The Morgan fingerprint density at radius 3 is 2.56 bits per heavy atom. The van der Waals surface area contributed by atoms with Gasteiger partial charge in [-0.25, -0.2) is 13.8 Å². The fourth-order valence-electron chi connectivity index (χ4n) is 3.01. The van der Waals surface area contributed by atoms with E-state index in [0.29, 0.717) is 24.2 Å². The number of rotatable bonds is 5. The zero-order valence-electron chi connectivity index (χ0n) is 14.6. The Balaban J connectivity index is 1.58. The molecule has 1 aliphatic carbocycles. The van der Waals surface area contributed by atoms with E-state index in [1.807, 2.05) is 0 Å². The van der Waals surface area contributed by atoms with Crippen molar-refractivity contribution in [1.29, 1.82) is 0 Å². The van der Waals surface area contributed by atoms with Crippen LogP contribution < -0.4 is 10.1 Å². The first-order chi connectivity index (χ1) is 12.9. The maximum Gasteiger partial charge on any atom is 0.252 e. The van der Waals surface area contributed by atoms with Crippen LogP contribution in [0.1, 0.15) is 25.7 Å². The van der Waals surface area contributed by atoms with E-state index in [-0.39, 0.29) is 29.4 Å². The minimum Gasteiger partial charge on any atom is -0.453 e. The van der Waals surface area contributed by atoms with Crippen LogP contribution >= 0.6 is 0 Å². The van der Waals surface area contributed by atoms with Crippen molar-refractivity contribution >= 4 is 11.7 Å². The van der Waals surface area contributed by atoms with Crippen molar-refractivity contribution in [2.24, 2.45) is 5.92 Å². The topological polar surface area (TPSA) is 71.5 Å². The summed E-state index contributed by atoms with van der Waals surface area (Å²) in [4.78, 5) is 16.4. The van der Waals surface area contributed by atoms with Crippen LogP contribution in [0.4, 0.5) is 14.6 Å². The van der Waals surface area contributed by atoms with Gasteiger partial charge in [-0.1, -0.05) is 6.58 Å². The second-order valence-electron chi connectivity index (χ2n) is 6.54. The van der Waals surface area contributed by atoms with E-state index in [0.717, 1.165) is 25.0 Å². The highest BCUT2D eigenvalue weighted by molar-refractivity contribution is 6.03. The van der Waals surface area contributed by atoms with Gasteiger partial charge < -0.3 is 15.2 Å². The summed E-state index contributed by atoms with van der Waals surface area (Å²) in [6.45, 7) is 3.87. The number of carbonyl (C=O) groups excluding carboxylic acids is 1. The lowest BCUT2D eigenvalue weighted by molar-refractivity contribution is -0.113. The summed E-state index contributed by atoms with van der Waals surface area (Å²) in [7, 11) is 0. The first-order valence-electron chi connectivity index (χ1n) is 8.69. The van der Waals surface area contributed by atoms with Crippen molar-refractivity contribution < 1.29 is 23.4 Å². The number of nitrogens with one attached hydrogen (secondary N) is 1.